The van der Waals surface area contributed by atoms with Gasteiger partial charge in [-0.25, -0.2) is 18.7 Å². The van der Waals surface area contributed by atoms with Crippen molar-refractivity contribution in [1.82, 2.24) is 27.6 Å². The third-order valence-electron chi connectivity index (χ3n) is 12.6. The molecule has 0 saturated heterocycles. The number of hydrogen-bond donors (Lipinski definition) is 0. The first kappa shape index (κ1) is 33.8. The fraction of sp³-hybridized carbons (Fsp3) is 0.333. The highest BCUT2D eigenvalue weighted by atomic mass is 19.1. The van der Waals surface area contributed by atoms with E-state index in [1.54, 1.807) is 12.1 Å². The molecule has 6 heterocycles. The Balaban J connectivity index is 1.52. The Morgan fingerprint density at radius 1 is 0.393 bits per heavy atom. The number of benzene rings is 5. The first-order valence-corrected chi connectivity index (χ1v) is 19.7. The Morgan fingerprint density at radius 2 is 0.714 bits per heavy atom. The number of hydrogen-bond acceptors (Lipinski definition) is 2. The van der Waals surface area contributed by atoms with Crippen LogP contribution in [0, 0.1) is 11.6 Å². The molecule has 0 N–H and O–H groups in total. The van der Waals surface area contributed by atoms with Gasteiger partial charge in [-0.1, -0.05) is 95.2 Å². The van der Waals surface area contributed by atoms with Gasteiger partial charge in [0.15, 0.2) is 11.6 Å². The second-order valence-corrected chi connectivity index (χ2v) is 20.4. The summed E-state index contributed by atoms with van der Waals surface area (Å²) in [5.74, 6) is 0.701. The molecule has 56 heavy (non-hydrogen) atoms. The largest absolute Gasteiger partial charge is 0.277 e. The molecule has 6 aromatic heterocycles. The minimum Gasteiger partial charge on any atom is -0.277 e. The summed E-state index contributed by atoms with van der Waals surface area (Å²) in [7, 11) is 0. The highest BCUT2D eigenvalue weighted by Gasteiger charge is 2.34. The molecule has 0 aliphatic heterocycles. The van der Waals surface area contributed by atoms with E-state index >= 15 is 8.78 Å². The lowest BCUT2D eigenvalue weighted by Gasteiger charge is -2.19. The summed E-state index contributed by atoms with van der Waals surface area (Å²) in [4.78, 5) is 10.3. The van der Waals surface area contributed by atoms with E-state index in [-0.39, 0.29) is 33.3 Å². The quantitative estimate of drug-likeness (QED) is 0.155. The van der Waals surface area contributed by atoms with Gasteiger partial charge in [-0.05, 0) is 92.4 Å². The maximum atomic E-state index is 16.4. The Hall–Kier alpha value is -5.50. The van der Waals surface area contributed by atoms with E-state index in [0.29, 0.717) is 22.6 Å². The topological polar surface area (TPSA) is 43.4 Å². The number of aromatic nitrogens is 6. The molecule has 11 aromatic rings. The number of nitrogens with zero attached hydrogens (tertiary/aromatic N) is 6. The smallest absolute Gasteiger partial charge is 0.220 e. The average molecular weight is 745 g/mol. The van der Waals surface area contributed by atoms with Crippen molar-refractivity contribution in [3.8, 4) is 0 Å². The standard InChI is InChI=1S/C48H46F2N6/c1-45(2,3)23-13-15-31-27(17-23)35-39-42(56-34-22-26(48(10,11)12)20-30(50)38(34)51-43(56)53(31)39)36-28-18-24(46(4,5)6)14-16-32(28)54-40(36)41(35)55-33-21-25(47(7,8)9)19-29(49)37(33)52-44(54)55/h13-22H,1-12H3. The van der Waals surface area contributed by atoms with Crippen LogP contribution in [-0.4, -0.2) is 27.6 Å². The molecule has 0 unspecified atom stereocenters. The fourth-order valence-corrected chi connectivity index (χ4v) is 9.38. The highest BCUT2D eigenvalue weighted by Crippen LogP contribution is 2.50. The average Bonchev–Trinajstić information content (AvgIpc) is 3.91. The van der Waals surface area contributed by atoms with Crippen LogP contribution in [0.15, 0.2) is 60.7 Å². The first-order valence-electron chi connectivity index (χ1n) is 19.7. The fourth-order valence-electron chi connectivity index (χ4n) is 9.38. The lowest BCUT2D eigenvalue weighted by molar-refractivity contribution is 0.576. The van der Waals surface area contributed by atoms with Gasteiger partial charge >= 0.3 is 0 Å². The van der Waals surface area contributed by atoms with Crippen molar-refractivity contribution in [1.29, 1.82) is 0 Å². The summed E-state index contributed by atoms with van der Waals surface area (Å²) in [6.07, 6.45) is 0. The van der Waals surface area contributed by atoms with Gasteiger partial charge in [0.1, 0.15) is 11.0 Å². The second kappa shape index (κ2) is 9.89. The van der Waals surface area contributed by atoms with Crippen molar-refractivity contribution in [3.63, 3.8) is 0 Å². The van der Waals surface area contributed by atoms with Crippen LogP contribution in [0.1, 0.15) is 105 Å². The van der Waals surface area contributed by atoms with Crippen LogP contribution in [0.3, 0.4) is 0 Å². The zero-order valence-corrected chi connectivity index (χ0v) is 34.2. The molecular weight excluding hydrogens is 699 g/mol. The van der Waals surface area contributed by atoms with E-state index < -0.39 is 0 Å². The van der Waals surface area contributed by atoms with Crippen LogP contribution in [0.5, 0.6) is 0 Å². The molecule has 0 bridgehead atoms. The zero-order chi connectivity index (χ0) is 39.5. The molecule has 0 aliphatic carbocycles. The van der Waals surface area contributed by atoms with Crippen LogP contribution in [0.4, 0.5) is 8.78 Å². The van der Waals surface area contributed by atoms with E-state index in [9.17, 15) is 0 Å². The van der Waals surface area contributed by atoms with Crippen LogP contribution in [0.2, 0.25) is 0 Å². The maximum Gasteiger partial charge on any atom is 0.220 e. The molecule has 0 radical (unpaired) electrons. The normalized spacial score (nSPS) is 14.2. The predicted molar refractivity (Wildman–Crippen MR) is 228 cm³/mol. The maximum absolute atomic E-state index is 16.4. The third-order valence-corrected chi connectivity index (χ3v) is 12.6. The zero-order valence-electron chi connectivity index (χ0n) is 34.2. The van der Waals surface area contributed by atoms with Gasteiger partial charge in [0.25, 0.3) is 0 Å². The van der Waals surface area contributed by atoms with E-state index in [0.717, 1.165) is 76.8 Å². The van der Waals surface area contributed by atoms with Crippen molar-refractivity contribution in [3.05, 3.63) is 94.6 Å². The van der Waals surface area contributed by atoms with Crippen molar-refractivity contribution in [2.45, 2.75) is 105 Å². The van der Waals surface area contributed by atoms with Gasteiger partial charge in [-0.2, -0.15) is 0 Å². The van der Waals surface area contributed by atoms with E-state index in [2.05, 4.69) is 149 Å². The summed E-state index contributed by atoms with van der Waals surface area (Å²) >= 11 is 0. The summed E-state index contributed by atoms with van der Waals surface area (Å²) in [5, 5.41) is 4.27. The number of fused-ring (bicyclic) bond motifs is 18. The van der Waals surface area contributed by atoms with Crippen molar-refractivity contribution in [2.75, 3.05) is 0 Å². The minimum absolute atomic E-state index is 0.116. The minimum atomic E-state index is -0.323. The second-order valence-electron chi connectivity index (χ2n) is 20.4. The molecule has 0 aliphatic rings. The summed E-state index contributed by atoms with van der Waals surface area (Å²) < 4.78 is 41.6. The van der Waals surface area contributed by atoms with Gasteiger partial charge in [0.2, 0.25) is 11.6 Å². The highest BCUT2D eigenvalue weighted by molar-refractivity contribution is 6.37. The third kappa shape index (κ3) is 4.04. The van der Waals surface area contributed by atoms with E-state index in [4.69, 9.17) is 9.97 Å². The van der Waals surface area contributed by atoms with Crippen molar-refractivity contribution >= 4 is 88.3 Å². The van der Waals surface area contributed by atoms with E-state index in [1.165, 1.54) is 11.1 Å². The molecule has 5 aromatic carbocycles. The lowest BCUT2D eigenvalue weighted by atomic mass is 9.86. The Bertz CT molecular complexity index is 3290. The summed E-state index contributed by atoms with van der Waals surface area (Å²) in [5.41, 5.74) is 11.6. The monoisotopic (exact) mass is 744 g/mol. The summed E-state index contributed by atoms with van der Waals surface area (Å²) in [6, 6.07) is 21.0. The number of halogens is 2. The van der Waals surface area contributed by atoms with Gasteiger partial charge in [-0.15, -0.1) is 0 Å². The van der Waals surface area contributed by atoms with Crippen LogP contribution >= 0.6 is 0 Å². The summed E-state index contributed by atoms with van der Waals surface area (Å²) in [6.45, 7) is 26.1. The number of imidazole rings is 4. The van der Waals surface area contributed by atoms with E-state index in [1.807, 2.05) is 0 Å². The Morgan fingerprint density at radius 3 is 1.04 bits per heavy atom. The Labute approximate surface area is 323 Å². The molecule has 11 rings (SSSR count). The molecule has 8 heteroatoms. The van der Waals surface area contributed by atoms with Gasteiger partial charge < -0.3 is 0 Å². The first-order chi connectivity index (χ1) is 26.1. The van der Waals surface area contributed by atoms with Gasteiger partial charge in [-0.3, -0.25) is 17.6 Å². The van der Waals surface area contributed by atoms with Crippen LogP contribution < -0.4 is 0 Å². The molecule has 282 valence electrons. The predicted octanol–water partition coefficient (Wildman–Crippen LogP) is 12.8. The van der Waals surface area contributed by atoms with Crippen LogP contribution in [-0.2, 0) is 21.7 Å². The molecule has 0 saturated carbocycles. The Kier molecular flexibility index (Phi) is 5.97. The van der Waals surface area contributed by atoms with Crippen molar-refractivity contribution < 1.29 is 8.78 Å². The number of rotatable bonds is 0. The lowest BCUT2D eigenvalue weighted by Crippen LogP contribution is -2.11. The molecule has 0 fully saturated rings. The molecule has 6 nitrogen and oxygen atoms in total. The van der Waals surface area contributed by atoms with Gasteiger partial charge in [0.05, 0.1) is 44.1 Å². The van der Waals surface area contributed by atoms with Crippen molar-refractivity contribution in [2.24, 2.45) is 0 Å². The molecule has 0 spiro atoms. The van der Waals surface area contributed by atoms with Crippen LogP contribution in [0.25, 0.3) is 88.3 Å². The molecular formula is C48H46F2N6. The van der Waals surface area contributed by atoms with Gasteiger partial charge in [0, 0.05) is 21.5 Å². The molecule has 0 atom stereocenters. The SMILES string of the molecule is CC(C)(C)c1ccc2c(c1)c1c3c4c(c5cc(C(C)(C)C)ccc5n4c4nc5c(F)cc(C(C)(C)C)cc5n34)c3c1n2c1nc2c(F)cc(C(C)(C)C)cc2n31. The molecule has 0 amide bonds.